The van der Waals surface area contributed by atoms with Gasteiger partial charge in [0.2, 0.25) is 0 Å². The van der Waals surface area contributed by atoms with Crippen LogP contribution in [0.5, 0.6) is 0 Å². The van der Waals surface area contributed by atoms with E-state index in [1.54, 1.807) is 18.2 Å². The summed E-state index contributed by atoms with van der Waals surface area (Å²) in [7, 11) is 0. The Bertz CT molecular complexity index is 583. The van der Waals surface area contributed by atoms with Crippen LogP contribution in [-0.4, -0.2) is 36.9 Å². The fourth-order valence-corrected chi connectivity index (χ4v) is 3.15. The SMILES string of the molecule is Clc1cc(Cl)cc(C#CCO/N=C2\CN3CCC2C3)c1. The van der Waals surface area contributed by atoms with Crippen molar-refractivity contribution in [3.05, 3.63) is 33.8 Å². The van der Waals surface area contributed by atoms with Gasteiger partial charge in [-0.3, -0.25) is 4.90 Å². The zero-order valence-electron chi connectivity index (χ0n) is 10.9. The molecule has 20 heavy (non-hydrogen) atoms. The molecule has 2 aliphatic rings. The van der Waals surface area contributed by atoms with Crippen molar-refractivity contribution in [3.8, 4) is 11.8 Å². The highest BCUT2D eigenvalue weighted by molar-refractivity contribution is 6.34. The molecule has 1 aromatic carbocycles. The molecular weight excluding hydrogens is 295 g/mol. The van der Waals surface area contributed by atoms with Gasteiger partial charge in [-0.15, -0.1) is 0 Å². The van der Waals surface area contributed by atoms with Crippen LogP contribution in [0.3, 0.4) is 0 Å². The quantitative estimate of drug-likeness (QED) is 0.476. The summed E-state index contributed by atoms with van der Waals surface area (Å²) in [6.07, 6.45) is 1.20. The van der Waals surface area contributed by atoms with Gasteiger partial charge in [-0.25, -0.2) is 0 Å². The number of halogens is 2. The Labute approximate surface area is 128 Å². The van der Waals surface area contributed by atoms with Gasteiger partial charge in [-0.05, 0) is 31.2 Å². The average Bonchev–Trinajstić information content (AvgIpc) is 2.99. The molecular formula is C15H14Cl2N2O. The van der Waals surface area contributed by atoms with E-state index in [0.717, 1.165) is 24.4 Å². The molecule has 2 bridgehead atoms. The predicted octanol–water partition coefficient (Wildman–Crippen LogP) is 3.05. The zero-order chi connectivity index (χ0) is 13.9. The number of nitrogens with zero attached hydrogens (tertiary/aromatic N) is 2. The summed E-state index contributed by atoms with van der Waals surface area (Å²) in [5.41, 5.74) is 1.94. The maximum atomic E-state index is 5.90. The lowest BCUT2D eigenvalue weighted by Gasteiger charge is -2.12. The normalized spacial score (nSPS) is 25.6. The molecule has 0 amide bonds. The van der Waals surface area contributed by atoms with Crippen LogP contribution in [0.15, 0.2) is 23.4 Å². The second-order valence-electron chi connectivity index (χ2n) is 5.04. The topological polar surface area (TPSA) is 24.8 Å². The second-order valence-corrected chi connectivity index (χ2v) is 5.91. The van der Waals surface area contributed by atoms with E-state index in [-0.39, 0.29) is 6.61 Å². The van der Waals surface area contributed by atoms with Crippen molar-refractivity contribution < 1.29 is 4.84 Å². The van der Waals surface area contributed by atoms with Crippen molar-refractivity contribution in [1.29, 1.82) is 0 Å². The Hall–Kier alpha value is -1.21. The summed E-state index contributed by atoms with van der Waals surface area (Å²) < 4.78 is 0. The first-order valence-corrected chi connectivity index (χ1v) is 7.32. The molecule has 2 fully saturated rings. The highest BCUT2D eigenvalue weighted by Gasteiger charge is 2.35. The predicted molar refractivity (Wildman–Crippen MR) is 81.3 cm³/mol. The summed E-state index contributed by atoms with van der Waals surface area (Å²) in [6.45, 7) is 3.55. The third-order valence-corrected chi connectivity index (χ3v) is 3.98. The highest BCUT2D eigenvalue weighted by Crippen LogP contribution is 2.25. The van der Waals surface area contributed by atoms with Crippen LogP contribution in [0.25, 0.3) is 0 Å². The molecule has 5 heteroatoms. The van der Waals surface area contributed by atoms with Crippen molar-refractivity contribution in [2.24, 2.45) is 11.1 Å². The van der Waals surface area contributed by atoms with E-state index in [4.69, 9.17) is 28.0 Å². The maximum Gasteiger partial charge on any atom is 0.177 e. The Kier molecular flexibility index (Phi) is 4.16. The van der Waals surface area contributed by atoms with Gasteiger partial charge in [0.25, 0.3) is 0 Å². The van der Waals surface area contributed by atoms with Gasteiger partial charge in [0.05, 0.1) is 5.71 Å². The lowest BCUT2D eigenvalue weighted by atomic mass is 10.0. The minimum Gasteiger partial charge on any atom is -0.383 e. The first kappa shape index (κ1) is 13.8. The van der Waals surface area contributed by atoms with E-state index in [1.165, 1.54) is 13.0 Å². The average molecular weight is 309 g/mol. The van der Waals surface area contributed by atoms with Crippen LogP contribution in [-0.2, 0) is 4.84 Å². The maximum absolute atomic E-state index is 5.90. The van der Waals surface area contributed by atoms with Gasteiger partial charge >= 0.3 is 0 Å². The van der Waals surface area contributed by atoms with E-state index in [1.807, 2.05) is 0 Å². The summed E-state index contributed by atoms with van der Waals surface area (Å²) in [6, 6.07) is 5.23. The summed E-state index contributed by atoms with van der Waals surface area (Å²) in [4.78, 5) is 7.67. The lowest BCUT2D eigenvalue weighted by Crippen LogP contribution is -2.23. The zero-order valence-corrected chi connectivity index (χ0v) is 12.4. The second kappa shape index (κ2) is 6.05. The molecule has 2 saturated heterocycles. The van der Waals surface area contributed by atoms with Gasteiger partial charge < -0.3 is 4.84 Å². The summed E-state index contributed by atoms with van der Waals surface area (Å²) in [5.74, 6) is 6.47. The first-order valence-electron chi connectivity index (χ1n) is 6.57. The monoisotopic (exact) mass is 308 g/mol. The number of fused-ring (bicyclic) bond motifs is 2. The fourth-order valence-electron chi connectivity index (χ4n) is 2.62. The third kappa shape index (κ3) is 3.27. The smallest absolute Gasteiger partial charge is 0.177 e. The molecule has 0 radical (unpaired) electrons. The molecule has 2 heterocycles. The largest absolute Gasteiger partial charge is 0.383 e. The van der Waals surface area contributed by atoms with Crippen molar-refractivity contribution in [2.45, 2.75) is 6.42 Å². The van der Waals surface area contributed by atoms with E-state index in [9.17, 15) is 0 Å². The Morgan fingerprint density at radius 2 is 2.10 bits per heavy atom. The van der Waals surface area contributed by atoms with E-state index in [2.05, 4.69) is 21.9 Å². The van der Waals surface area contributed by atoms with Crippen LogP contribution >= 0.6 is 23.2 Å². The molecule has 0 spiro atoms. The number of rotatable bonds is 2. The van der Waals surface area contributed by atoms with Gasteiger partial charge in [-0.2, -0.15) is 0 Å². The third-order valence-electron chi connectivity index (χ3n) is 3.54. The standard InChI is InChI=1S/C15H14Cl2N2O/c16-13-6-11(7-14(17)8-13)2-1-5-20-18-15-10-19-4-3-12(15)9-19/h6-8,12H,3-5,9-10H2/b18-15+. The van der Waals surface area contributed by atoms with E-state index >= 15 is 0 Å². The van der Waals surface area contributed by atoms with E-state index < -0.39 is 0 Å². The Balaban J connectivity index is 1.53. The number of hydrogen-bond donors (Lipinski definition) is 0. The van der Waals surface area contributed by atoms with Crippen molar-refractivity contribution in [1.82, 2.24) is 4.90 Å². The van der Waals surface area contributed by atoms with Gasteiger partial charge in [0.15, 0.2) is 6.61 Å². The molecule has 0 saturated carbocycles. The van der Waals surface area contributed by atoms with Crippen LogP contribution in [0, 0.1) is 17.8 Å². The molecule has 104 valence electrons. The van der Waals surface area contributed by atoms with E-state index in [0.29, 0.717) is 16.0 Å². The van der Waals surface area contributed by atoms with Gasteiger partial charge in [0, 0.05) is 34.6 Å². The molecule has 2 unspecified atom stereocenters. The number of benzene rings is 1. The van der Waals surface area contributed by atoms with Gasteiger partial charge in [-0.1, -0.05) is 40.2 Å². The van der Waals surface area contributed by atoms with Gasteiger partial charge in [0.1, 0.15) is 0 Å². The minimum atomic E-state index is 0.278. The molecule has 0 aliphatic carbocycles. The van der Waals surface area contributed by atoms with Crippen molar-refractivity contribution in [3.63, 3.8) is 0 Å². The molecule has 0 aromatic heterocycles. The summed E-state index contributed by atoms with van der Waals surface area (Å²) in [5, 5.41) is 5.36. The number of oxime groups is 1. The lowest BCUT2D eigenvalue weighted by molar-refractivity contribution is 0.177. The molecule has 2 aliphatic heterocycles. The molecule has 1 aromatic rings. The minimum absolute atomic E-state index is 0.278. The number of hydrogen-bond acceptors (Lipinski definition) is 3. The van der Waals surface area contributed by atoms with Crippen LogP contribution < -0.4 is 0 Å². The summed E-state index contributed by atoms with van der Waals surface area (Å²) >= 11 is 11.8. The highest BCUT2D eigenvalue weighted by atomic mass is 35.5. The van der Waals surface area contributed by atoms with Crippen molar-refractivity contribution >= 4 is 28.9 Å². The Morgan fingerprint density at radius 3 is 2.75 bits per heavy atom. The fraction of sp³-hybridized carbons (Fsp3) is 0.400. The van der Waals surface area contributed by atoms with Crippen LogP contribution in [0.1, 0.15) is 12.0 Å². The van der Waals surface area contributed by atoms with Crippen LogP contribution in [0.2, 0.25) is 10.0 Å². The van der Waals surface area contributed by atoms with Crippen molar-refractivity contribution in [2.75, 3.05) is 26.2 Å². The number of piperidine rings is 1. The molecule has 3 nitrogen and oxygen atoms in total. The molecule has 0 N–H and O–H groups in total. The van der Waals surface area contributed by atoms with Crippen LogP contribution in [0.4, 0.5) is 0 Å². The Morgan fingerprint density at radius 1 is 1.30 bits per heavy atom. The first-order chi connectivity index (χ1) is 9.70. The molecule has 3 rings (SSSR count). The molecule has 2 atom stereocenters.